The van der Waals surface area contributed by atoms with Crippen LogP contribution in [0.5, 0.6) is 5.75 Å². The first-order chi connectivity index (χ1) is 16.6. The Labute approximate surface area is 211 Å². The predicted octanol–water partition coefficient (Wildman–Crippen LogP) is 3.48. The molecule has 35 heavy (non-hydrogen) atoms. The molecule has 3 aromatic rings. The smallest absolute Gasteiger partial charge is 0.227 e. The van der Waals surface area contributed by atoms with Crippen LogP contribution in [-0.2, 0) is 28.4 Å². The zero-order valence-corrected chi connectivity index (χ0v) is 21.3. The number of hydrogen-bond donors (Lipinski definition) is 3. The molecule has 0 saturated carbocycles. The average Bonchev–Trinajstić information content (AvgIpc) is 3.17. The molecular formula is C25H27ClN4O4S. The Morgan fingerprint density at radius 3 is 2.66 bits per heavy atom. The van der Waals surface area contributed by atoms with Crippen molar-refractivity contribution in [3.05, 3.63) is 64.3 Å². The summed E-state index contributed by atoms with van der Waals surface area (Å²) in [6.45, 7) is 4.04. The van der Waals surface area contributed by atoms with E-state index in [0.29, 0.717) is 58.3 Å². The number of β-amino-alcohol motifs (C(OH)–C–C–N with tert-alkyl or cyclic N) is 1. The summed E-state index contributed by atoms with van der Waals surface area (Å²) in [7, 11) is 0.354. The molecule has 0 radical (unpaired) electrons. The molecule has 3 heterocycles. The van der Waals surface area contributed by atoms with Crippen molar-refractivity contribution in [3.63, 3.8) is 0 Å². The van der Waals surface area contributed by atoms with Gasteiger partial charge in [0.25, 0.3) is 0 Å². The van der Waals surface area contributed by atoms with Gasteiger partial charge in [0, 0.05) is 17.9 Å². The molecule has 10 heteroatoms. The lowest BCUT2D eigenvalue weighted by atomic mass is 9.86. The van der Waals surface area contributed by atoms with Crippen LogP contribution >= 0.6 is 11.6 Å². The molecule has 1 fully saturated rings. The van der Waals surface area contributed by atoms with E-state index >= 15 is 0 Å². The Morgan fingerprint density at radius 2 is 1.97 bits per heavy atom. The highest BCUT2D eigenvalue weighted by atomic mass is 35.5. The van der Waals surface area contributed by atoms with Crippen molar-refractivity contribution in [1.29, 1.82) is 0 Å². The van der Waals surface area contributed by atoms with Gasteiger partial charge < -0.3 is 25.2 Å². The van der Waals surface area contributed by atoms with Gasteiger partial charge in [-0.05, 0) is 49.2 Å². The summed E-state index contributed by atoms with van der Waals surface area (Å²) in [6.07, 6.45) is 0.599. The SMILES string of the molecule is COc1ccc(C2(O)CN(c3nc4c(c(Nc5cccc(C(C)(C)O)c5)n3)[S@](=O)CC4)C2)cc1Cl. The van der Waals surface area contributed by atoms with Gasteiger partial charge in [-0.25, -0.2) is 4.98 Å². The highest BCUT2D eigenvalue weighted by Gasteiger charge is 2.45. The van der Waals surface area contributed by atoms with Crippen LogP contribution in [0.2, 0.25) is 5.02 Å². The van der Waals surface area contributed by atoms with Crippen molar-refractivity contribution in [1.82, 2.24) is 9.97 Å². The molecule has 0 aliphatic carbocycles. The lowest BCUT2D eigenvalue weighted by Gasteiger charge is -2.47. The lowest BCUT2D eigenvalue weighted by molar-refractivity contribution is 0.00648. The number of aliphatic hydroxyl groups is 2. The lowest BCUT2D eigenvalue weighted by Crippen LogP contribution is -2.60. The van der Waals surface area contributed by atoms with Crippen LogP contribution in [0, 0.1) is 0 Å². The Kier molecular flexibility index (Phi) is 5.99. The maximum atomic E-state index is 12.7. The molecule has 184 valence electrons. The predicted molar refractivity (Wildman–Crippen MR) is 136 cm³/mol. The third kappa shape index (κ3) is 4.49. The summed E-state index contributed by atoms with van der Waals surface area (Å²) in [5, 5.41) is 25.3. The van der Waals surface area contributed by atoms with Crippen molar-refractivity contribution in [2.75, 3.05) is 36.2 Å². The molecular weight excluding hydrogens is 488 g/mol. The summed E-state index contributed by atoms with van der Waals surface area (Å²) in [5.41, 5.74) is 0.844. The molecule has 0 bridgehead atoms. The third-order valence-electron chi connectivity index (χ3n) is 6.38. The molecule has 5 rings (SSSR count). The number of hydrogen-bond acceptors (Lipinski definition) is 8. The number of nitrogens with zero attached hydrogens (tertiary/aromatic N) is 3. The van der Waals surface area contributed by atoms with Crippen LogP contribution < -0.4 is 15.0 Å². The van der Waals surface area contributed by atoms with E-state index in [1.54, 1.807) is 39.2 Å². The second-order valence-corrected chi connectivity index (χ2v) is 11.4. The van der Waals surface area contributed by atoms with Crippen LogP contribution in [0.3, 0.4) is 0 Å². The van der Waals surface area contributed by atoms with E-state index in [-0.39, 0.29) is 0 Å². The number of aryl methyl sites for hydroxylation is 1. The quantitative estimate of drug-likeness (QED) is 0.459. The Balaban J connectivity index is 1.43. The standard InChI is InChI=1S/C25H27ClN4O4S/c1-24(2,31)15-5-4-6-17(11-15)27-22-21-19(9-10-35(21)33)28-23(29-22)30-13-25(32,14-30)16-7-8-20(34-3)18(26)12-16/h4-8,11-12,31-32H,9-10,13-14H2,1-3H3,(H,27,28,29)/t35-/m1/s1. The summed E-state index contributed by atoms with van der Waals surface area (Å²) in [5.74, 6) is 2.00. The van der Waals surface area contributed by atoms with Crippen LogP contribution in [-0.4, -0.2) is 50.3 Å². The summed E-state index contributed by atoms with van der Waals surface area (Å²) in [4.78, 5) is 11.9. The summed E-state index contributed by atoms with van der Waals surface area (Å²) >= 11 is 6.26. The van der Waals surface area contributed by atoms with Crippen LogP contribution in [0.25, 0.3) is 0 Å². The zero-order chi connectivity index (χ0) is 25.0. The molecule has 1 aromatic heterocycles. The van der Waals surface area contributed by atoms with E-state index in [2.05, 4.69) is 10.3 Å². The number of aromatic nitrogens is 2. The first kappa shape index (κ1) is 24.0. The number of rotatable bonds is 6. The molecule has 0 spiro atoms. The number of fused-ring (bicyclic) bond motifs is 1. The van der Waals surface area contributed by atoms with Gasteiger partial charge in [0.05, 0.1) is 47.3 Å². The van der Waals surface area contributed by atoms with Gasteiger partial charge in [-0.15, -0.1) is 0 Å². The molecule has 0 unspecified atom stereocenters. The highest BCUT2D eigenvalue weighted by Crippen LogP contribution is 2.39. The Morgan fingerprint density at radius 1 is 1.20 bits per heavy atom. The van der Waals surface area contributed by atoms with E-state index in [1.165, 1.54) is 0 Å². The van der Waals surface area contributed by atoms with Crippen molar-refractivity contribution in [2.45, 2.75) is 36.4 Å². The minimum atomic E-state index is -1.19. The minimum Gasteiger partial charge on any atom is -0.495 e. The van der Waals surface area contributed by atoms with E-state index in [9.17, 15) is 14.4 Å². The fourth-order valence-electron chi connectivity index (χ4n) is 4.39. The largest absolute Gasteiger partial charge is 0.495 e. The molecule has 2 aliphatic rings. The molecule has 1 saturated heterocycles. The molecule has 2 aromatic carbocycles. The maximum Gasteiger partial charge on any atom is 0.227 e. The van der Waals surface area contributed by atoms with Crippen LogP contribution in [0.15, 0.2) is 47.4 Å². The zero-order valence-electron chi connectivity index (χ0n) is 19.7. The van der Waals surface area contributed by atoms with Gasteiger partial charge in [0.15, 0.2) is 5.82 Å². The maximum absolute atomic E-state index is 12.7. The fourth-order valence-corrected chi connectivity index (χ4v) is 5.95. The van der Waals surface area contributed by atoms with Gasteiger partial charge >= 0.3 is 0 Å². The number of halogens is 1. The number of anilines is 3. The van der Waals surface area contributed by atoms with E-state index in [0.717, 1.165) is 16.9 Å². The van der Waals surface area contributed by atoms with Gasteiger partial charge in [-0.3, -0.25) is 4.21 Å². The monoisotopic (exact) mass is 514 g/mol. The summed E-state index contributed by atoms with van der Waals surface area (Å²) in [6, 6.07) is 12.7. The molecule has 2 aliphatic heterocycles. The van der Waals surface area contributed by atoms with Crippen molar-refractivity contribution >= 4 is 39.9 Å². The minimum absolute atomic E-state index is 0.297. The molecule has 0 amide bonds. The number of ether oxygens (including phenoxy) is 1. The van der Waals surface area contributed by atoms with Crippen molar-refractivity contribution in [3.8, 4) is 5.75 Å². The van der Waals surface area contributed by atoms with Gasteiger partial charge in [-0.1, -0.05) is 29.8 Å². The Hall–Kier alpha value is -2.72. The van der Waals surface area contributed by atoms with Crippen molar-refractivity contribution < 1.29 is 19.2 Å². The number of methoxy groups -OCH3 is 1. The second kappa shape index (κ2) is 8.74. The highest BCUT2D eigenvalue weighted by molar-refractivity contribution is 7.85. The van der Waals surface area contributed by atoms with Gasteiger partial charge in [0.1, 0.15) is 16.2 Å². The summed E-state index contributed by atoms with van der Waals surface area (Å²) < 4.78 is 17.9. The van der Waals surface area contributed by atoms with Gasteiger partial charge in [-0.2, -0.15) is 4.98 Å². The number of nitrogens with one attached hydrogen (secondary N) is 1. The van der Waals surface area contributed by atoms with Gasteiger partial charge in [0.2, 0.25) is 5.95 Å². The number of benzene rings is 2. The van der Waals surface area contributed by atoms with Crippen LogP contribution in [0.1, 0.15) is 30.7 Å². The van der Waals surface area contributed by atoms with E-state index in [1.807, 2.05) is 29.2 Å². The van der Waals surface area contributed by atoms with E-state index in [4.69, 9.17) is 21.3 Å². The first-order valence-corrected chi connectivity index (χ1v) is 13.0. The third-order valence-corrected chi connectivity index (χ3v) is 8.14. The Bertz CT molecular complexity index is 1320. The first-order valence-electron chi connectivity index (χ1n) is 11.3. The second-order valence-electron chi connectivity index (χ2n) is 9.45. The molecule has 1 atom stereocenters. The van der Waals surface area contributed by atoms with Crippen molar-refractivity contribution in [2.24, 2.45) is 0 Å². The molecule has 8 nitrogen and oxygen atoms in total. The molecule has 3 N–H and O–H groups in total. The van der Waals surface area contributed by atoms with Crippen LogP contribution in [0.4, 0.5) is 17.5 Å². The normalized spacial score (nSPS) is 18.7. The van der Waals surface area contributed by atoms with E-state index < -0.39 is 22.0 Å². The average molecular weight is 515 g/mol. The fraction of sp³-hybridized carbons (Fsp3) is 0.360. The topological polar surface area (TPSA) is 108 Å².